The quantitative estimate of drug-likeness (QED) is 0.862. The van der Waals surface area contributed by atoms with E-state index >= 15 is 0 Å². The number of ether oxygens (including phenoxy) is 1. The van der Waals surface area contributed by atoms with Crippen molar-refractivity contribution in [3.8, 4) is 5.75 Å². The zero-order valence-electron chi connectivity index (χ0n) is 13.5. The summed E-state index contributed by atoms with van der Waals surface area (Å²) in [6.45, 7) is 6.38. The Morgan fingerprint density at radius 3 is 2.35 bits per heavy atom. The number of carboxylic acids is 1. The average molecular weight is 333 g/mol. The maximum absolute atomic E-state index is 11.5. The summed E-state index contributed by atoms with van der Waals surface area (Å²) in [7, 11) is 0. The molecule has 3 nitrogen and oxygen atoms in total. The number of benzene rings is 2. The minimum absolute atomic E-state index is 0.0471. The van der Waals surface area contributed by atoms with E-state index in [4.69, 9.17) is 16.3 Å². The lowest BCUT2D eigenvalue weighted by Gasteiger charge is -2.20. The summed E-state index contributed by atoms with van der Waals surface area (Å²) >= 11 is 5.94. The van der Waals surface area contributed by atoms with E-state index in [0.29, 0.717) is 10.8 Å². The molecule has 2 rings (SSSR count). The van der Waals surface area contributed by atoms with Gasteiger partial charge in [-0.25, -0.2) is 4.79 Å². The second kappa shape index (κ2) is 7.05. The molecule has 0 aliphatic carbocycles. The molecular formula is C19H21ClO3. The third kappa shape index (κ3) is 5.00. The number of rotatable bonds is 5. The van der Waals surface area contributed by atoms with Crippen LogP contribution in [0.5, 0.6) is 5.75 Å². The molecule has 0 aromatic heterocycles. The Balaban J connectivity index is 2.12. The first-order valence-electron chi connectivity index (χ1n) is 7.50. The smallest absolute Gasteiger partial charge is 0.345 e. The topological polar surface area (TPSA) is 46.5 Å². The van der Waals surface area contributed by atoms with Gasteiger partial charge in [0.05, 0.1) is 0 Å². The summed E-state index contributed by atoms with van der Waals surface area (Å²) in [5, 5.41) is 9.98. The molecule has 0 spiro atoms. The highest BCUT2D eigenvalue weighted by Gasteiger charge is 2.21. The molecule has 122 valence electrons. The second-order valence-corrected chi connectivity index (χ2v) is 6.99. The standard InChI is InChI=1S/C19H21ClO3/c1-19(2,3)14-7-9-16(10-8-14)23-17(18(21)22)12-13-5-4-6-15(20)11-13/h4-11,17H,12H2,1-3H3,(H,21,22). The zero-order chi connectivity index (χ0) is 17.0. The van der Waals surface area contributed by atoms with Gasteiger partial charge in [-0.3, -0.25) is 0 Å². The van der Waals surface area contributed by atoms with Crippen molar-refractivity contribution in [3.05, 3.63) is 64.7 Å². The highest BCUT2D eigenvalue weighted by atomic mass is 35.5. The van der Waals surface area contributed by atoms with Crippen LogP contribution in [-0.2, 0) is 16.6 Å². The number of halogens is 1. The van der Waals surface area contributed by atoms with Crippen LogP contribution in [-0.4, -0.2) is 17.2 Å². The van der Waals surface area contributed by atoms with Crippen LogP contribution < -0.4 is 4.74 Å². The number of hydrogen-bond acceptors (Lipinski definition) is 2. The fourth-order valence-corrected chi connectivity index (χ4v) is 2.47. The molecule has 1 atom stereocenters. The Bertz CT molecular complexity index is 672. The first-order valence-corrected chi connectivity index (χ1v) is 7.88. The molecule has 0 fully saturated rings. The SMILES string of the molecule is CC(C)(C)c1ccc(OC(Cc2cccc(Cl)c2)C(=O)O)cc1. The van der Waals surface area contributed by atoms with E-state index in [1.165, 1.54) is 5.56 Å². The molecule has 0 saturated carbocycles. The second-order valence-electron chi connectivity index (χ2n) is 6.55. The maximum atomic E-state index is 11.5. The van der Waals surface area contributed by atoms with Crippen LogP contribution in [0.3, 0.4) is 0 Å². The van der Waals surface area contributed by atoms with E-state index in [-0.39, 0.29) is 11.8 Å². The van der Waals surface area contributed by atoms with Crippen molar-refractivity contribution in [3.63, 3.8) is 0 Å². The van der Waals surface area contributed by atoms with Crippen LogP contribution in [0.4, 0.5) is 0 Å². The molecule has 2 aromatic rings. The first kappa shape index (κ1) is 17.4. The van der Waals surface area contributed by atoms with Crippen molar-refractivity contribution in [2.75, 3.05) is 0 Å². The number of hydrogen-bond donors (Lipinski definition) is 1. The van der Waals surface area contributed by atoms with Crippen LogP contribution in [0.25, 0.3) is 0 Å². The van der Waals surface area contributed by atoms with Crippen molar-refractivity contribution in [2.24, 2.45) is 0 Å². The molecule has 1 unspecified atom stereocenters. The van der Waals surface area contributed by atoms with Crippen molar-refractivity contribution >= 4 is 17.6 Å². The van der Waals surface area contributed by atoms with Crippen LogP contribution in [0.15, 0.2) is 48.5 Å². The van der Waals surface area contributed by atoms with E-state index < -0.39 is 12.1 Å². The monoisotopic (exact) mass is 332 g/mol. The van der Waals surface area contributed by atoms with Crippen LogP contribution in [0, 0.1) is 0 Å². The lowest BCUT2D eigenvalue weighted by atomic mass is 9.87. The fraction of sp³-hybridized carbons (Fsp3) is 0.316. The Morgan fingerprint density at radius 2 is 1.83 bits per heavy atom. The molecule has 0 amide bonds. The van der Waals surface area contributed by atoms with E-state index in [2.05, 4.69) is 20.8 Å². The summed E-state index contributed by atoms with van der Waals surface area (Å²) in [5.41, 5.74) is 2.05. The number of carbonyl (C=O) groups is 1. The van der Waals surface area contributed by atoms with Gasteiger partial charge < -0.3 is 9.84 Å². The normalized spacial score (nSPS) is 12.7. The first-order chi connectivity index (χ1) is 10.8. The molecule has 1 N–H and O–H groups in total. The minimum atomic E-state index is -0.995. The van der Waals surface area contributed by atoms with Gasteiger partial charge in [0.25, 0.3) is 0 Å². The molecule has 0 aliphatic rings. The Labute approximate surface area is 141 Å². The summed E-state index contributed by atoms with van der Waals surface area (Å²) in [5.74, 6) is -0.447. The molecule has 0 bridgehead atoms. The van der Waals surface area contributed by atoms with Gasteiger partial charge in [0.15, 0.2) is 6.10 Å². The van der Waals surface area contributed by atoms with Gasteiger partial charge in [-0.05, 0) is 40.8 Å². The Kier molecular flexibility index (Phi) is 5.32. The average Bonchev–Trinajstić information content (AvgIpc) is 2.46. The summed E-state index contributed by atoms with van der Waals surface area (Å²) < 4.78 is 5.64. The van der Waals surface area contributed by atoms with Gasteiger partial charge in [-0.15, -0.1) is 0 Å². The summed E-state index contributed by atoms with van der Waals surface area (Å²) in [6.07, 6.45) is -0.689. The van der Waals surface area contributed by atoms with Gasteiger partial charge in [-0.2, -0.15) is 0 Å². The van der Waals surface area contributed by atoms with E-state index in [9.17, 15) is 9.90 Å². The van der Waals surface area contributed by atoms with Gasteiger partial charge >= 0.3 is 5.97 Å². The van der Waals surface area contributed by atoms with Crippen molar-refractivity contribution < 1.29 is 14.6 Å². The van der Waals surface area contributed by atoms with Gasteiger partial charge in [0, 0.05) is 11.4 Å². The largest absolute Gasteiger partial charge is 0.478 e. The molecule has 4 heteroatoms. The van der Waals surface area contributed by atoms with E-state index in [1.54, 1.807) is 18.2 Å². The predicted octanol–water partition coefficient (Wildman–Crippen LogP) is 4.71. The molecule has 23 heavy (non-hydrogen) atoms. The van der Waals surface area contributed by atoms with E-state index in [1.807, 2.05) is 30.3 Å². The Morgan fingerprint density at radius 1 is 1.17 bits per heavy atom. The third-order valence-corrected chi connectivity index (χ3v) is 3.82. The minimum Gasteiger partial charge on any atom is -0.478 e. The Hall–Kier alpha value is -2.00. The van der Waals surface area contributed by atoms with Gasteiger partial charge in [0.2, 0.25) is 0 Å². The summed E-state index contributed by atoms with van der Waals surface area (Å²) in [4.78, 5) is 11.5. The molecule has 2 aromatic carbocycles. The van der Waals surface area contributed by atoms with Gasteiger partial charge in [-0.1, -0.05) is 56.6 Å². The van der Waals surface area contributed by atoms with Crippen LogP contribution in [0.2, 0.25) is 5.02 Å². The van der Waals surface area contributed by atoms with Crippen LogP contribution in [0.1, 0.15) is 31.9 Å². The molecule has 0 saturated heterocycles. The lowest BCUT2D eigenvalue weighted by Crippen LogP contribution is -2.29. The number of carboxylic acid groups (broad SMARTS) is 1. The zero-order valence-corrected chi connectivity index (χ0v) is 14.3. The number of aliphatic carboxylic acids is 1. The van der Waals surface area contributed by atoms with Crippen molar-refractivity contribution in [2.45, 2.75) is 38.7 Å². The van der Waals surface area contributed by atoms with Gasteiger partial charge in [0.1, 0.15) is 5.75 Å². The van der Waals surface area contributed by atoms with Crippen LogP contribution >= 0.6 is 11.6 Å². The summed E-state index contributed by atoms with van der Waals surface area (Å²) in [6, 6.07) is 14.7. The third-order valence-electron chi connectivity index (χ3n) is 3.58. The highest BCUT2D eigenvalue weighted by Crippen LogP contribution is 2.25. The molecule has 0 aliphatic heterocycles. The highest BCUT2D eigenvalue weighted by molar-refractivity contribution is 6.30. The van der Waals surface area contributed by atoms with Crippen molar-refractivity contribution in [1.29, 1.82) is 0 Å². The lowest BCUT2D eigenvalue weighted by molar-refractivity contribution is -0.145. The maximum Gasteiger partial charge on any atom is 0.345 e. The molecular weight excluding hydrogens is 312 g/mol. The molecule has 0 heterocycles. The van der Waals surface area contributed by atoms with Crippen molar-refractivity contribution in [1.82, 2.24) is 0 Å². The fourth-order valence-electron chi connectivity index (χ4n) is 2.26. The predicted molar refractivity (Wildman–Crippen MR) is 92.3 cm³/mol. The van der Waals surface area contributed by atoms with E-state index in [0.717, 1.165) is 5.56 Å². The molecule has 0 radical (unpaired) electrons.